The molecular weight excluding hydrogens is 366 g/mol. The maximum atomic E-state index is 12.9. The number of anilines is 1. The second-order valence-corrected chi connectivity index (χ2v) is 6.85. The summed E-state index contributed by atoms with van der Waals surface area (Å²) in [5.41, 5.74) is 3.46. The Morgan fingerprint density at radius 1 is 0.862 bits per heavy atom. The second kappa shape index (κ2) is 7.31. The van der Waals surface area contributed by atoms with Crippen LogP contribution >= 0.6 is 0 Å². The number of benzene rings is 1. The van der Waals surface area contributed by atoms with Crippen LogP contribution < -0.4 is 4.90 Å². The summed E-state index contributed by atoms with van der Waals surface area (Å²) < 4.78 is 1.98. The fourth-order valence-electron chi connectivity index (χ4n) is 3.59. The van der Waals surface area contributed by atoms with Crippen molar-refractivity contribution in [1.29, 1.82) is 0 Å². The first-order valence-electron chi connectivity index (χ1n) is 9.48. The molecule has 0 aliphatic carbocycles. The van der Waals surface area contributed by atoms with Crippen LogP contribution in [0.1, 0.15) is 10.4 Å². The molecule has 0 spiro atoms. The standard InChI is InChI=1S/C21H19N7O/c29-20(26-10-12-27(13-11-26)21-23-6-1-7-24-21)17-4-2-16(3-5-17)18-14-25-19-15-22-8-9-28(18)19/h1-9,14-15H,10-13H2. The average Bonchev–Trinajstić information content (AvgIpc) is 3.24. The van der Waals surface area contributed by atoms with Crippen molar-refractivity contribution >= 4 is 17.5 Å². The molecule has 4 heterocycles. The number of carbonyl (C=O) groups excluding carboxylic acids is 1. The van der Waals surface area contributed by atoms with Gasteiger partial charge < -0.3 is 9.80 Å². The van der Waals surface area contributed by atoms with Crippen LogP contribution in [0.2, 0.25) is 0 Å². The summed E-state index contributed by atoms with van der Waals surface area (Å²) in [4.78, 5) is 33.9. The smallest absolute Gasteiger partial charge is 0.253 e. The van der Waals surface area contributed by atoms with Crippen LogP contribution in [0.5, 0.6) is 0 Å². The summed E-state index contributed by atoms with van der Waals surface area (Å²) in [7, 11) is 0. The molecule has 0 N–H and O–H groups in total. The molecule has 0 bridgehead atoms. The molecule has 0 unspecified atom stereocenters. The van der Waals surface area contributed by atoms with Gasteiger partial charge in [0.25, 0.3) is 5.91 Å². The van der Waals surface area contributed by atoms with Gasteiger partial charge in [0, 0.05) is 62.1 Å². The molecule has 1 aliphatic heterocycles. The van der Waals surface area contributed by atoms with Crippen molar-refractivity contribution in [1.82, 2.24) is 29.2 Å². The maximum Gasteiger partial charge on any atom is 0.253 e. The quantitative estimate of drug-likeness (QED) is 0.538. The van der Waals surface area contributed by atoms with Crippen LogP contribution in [0, 0.1) is 0 Å². The number of fused-ring (bicyclic) bond motifs is 1. The zero-order valence-corrected chi connectivity index (χ0v) is 15.7. The molecule has 5 rings (SSSR count). The minimum Gasteiger partial charge on any atom is -0.337 e. The highest BCUT2D eigenvalue weighted by molar-refractivity contribution is 5.94. The Bertz CT molecular complexity index is 1130. The Labute approximate surface area is 167 Å². The van der Waals surface area contributed by atoms with E-state index in [0.717, 1.165) is 30.0 Å². The topological polar surface area (TPSA) is 79.5 Å². The fraction of sp³-hybridized carbons (Fsp3) is 0.190. The maximum absolute atomic E-state index is 12.9. The first-order chi connectivity index (χ1) is 14.3. The van der Waals surface area contributed by atoms with E-state index in [4.69, 9.17) is 0 Å². The Morgan fingerprint density at radius 3 is 2.38 bits per heavy atom. The highest BCUT2D eigenvalue weighted by Gasteiger charge is 2.23. The average molecular weight is 385 g/mol. The molecule has 0 atom stereocenters. The van der Waals surface area contributed by atoms with Gasteiger partial charge in [-0.3, -0.25) is 14.2 Å². The lowest BCUT2D eigenvalue weighted by Gasteiger charge is -2.34. The number of hydrogen-bond donors (Lipinski definition) is 0. The fourth-order valence-corrected chi connectivity index (χ4v) is 3.59. The number of rotatable bonds is 3. The van der Waals surface area contributed by atoms with E-state index in [1.165, 1.54) is 0 Å². The molecule has 0 radical (unpaired) electrons. The Kier molecular flexibility index (Phi) is 4.36. The number of carbonyl (C=O) groups is 1. The molecular formula is C21H19N7O. The Hall–Kier alpha value is -3.81. The number of amides is 1. The van der Waals surface area contributed by atoms with Gasteiger partial charge >= 0.3 is 0 Å². The Balaban J connectivity index is 1.29. The first-order valence-corrected chi connectivity index (χ1v) is 9.48. The lowest BCUT2D eigenvalue weighted by Crippen LogP contribution is -2.49. The van der Waals surface area contributed by atoms with Crippen molar-refractivity contribution in [3.05, 3.63) is 73.1 Å². The monoisotopic (exact) mass is 385 g/mol. The summed E-state index contributed by atoms with van der Waals surface area (Å²) in [5.74, 6) is 0.764. The first kappa shape index (κ1) is 17.3. The molecule has 1 saturated heterocycles. The van der Waals surface area contributed by atoms with E-state index in [0.29, 0.717) is 24.6 Å². The largest absolute Gasteiger partial charge is 0.337 e. The van der Waals surface area contributed by atoms with Crippen molar-refractivity contribution < 1.29 is 4.79 Å². The van der Waals surface area contributed by atoms with Crippen LogP contribution in [-0.4, -0.2) is 61.3 Å². The number of piperazine rings is 1. The van der Waals surface area contributed by atoms with Crippen LogP contribution in [0.4, 0.5) is 5.95 Å². The summed E-state index contributed by atoms with van der Waals surface area (Å²) in [6, 6.07) is 9.49. The highest BCUT2D eigenvalue weighted by Crippen LogP contribution is 2.21. The van der Waals surface area contributed by atoms with Gasteiger partial charge in [0.1, 0.15) is 0 Å². The molecule has 4 aromatic rings. The minimum absolute atomic E-state index is 0.0486. The zero-order chi connectivity index (χ0) is 19.6. The van der Waals surface area contributed by atoms with Crippen LogP contribution in [0.15, 0.2) is 67.5 Å². The number of imidazole rings is 1. The van der Waals surface area contributed by atoms with Crippen molar-refractivity contribution in [2.24, 2.45) is 0 Å². The van der Waals surface area contributed by atoms with E-state index in [2.05, 4.69) is 24.8 Å². The normalized spacial score (nSPS) is 14.3. The van der Waals surface area contributed by atoms with Gasteiger partial charge in [-0.15, -0.1) is 0 Å². The van der Waals surface area contributed by atoms with Gasteiger partial charge in [0.2, 0.25) is 5.95 Å². The molecule has 29 heavy (non-hydrogen) atoms. The van der Waals surface area contributed by atoms with Gasteiger partial charge in [-0.1, -0.05) is 12.1 Å². The molecule has 1 aliphatic rings. The SMILES string of the molecule is O=C(c1ccc(-c2cnc3cnccn23)cc1)N1CCN(c2ncccn2)CC1. The second-order valence-electron chi connectivity index (χ2n) is 6.85. The number of hydrogen-bond acceptors (Lipinski definition) is 6. The van der Waals surface area contributed by atoms with Gasteiger partial charge in [-0.2, -0.15) is 0 Å². The molecule has 0 saturated carbocycles. The van der Waals surface area contributed by atoms with E-state index < -0.39 is 0 Å². The molecule has 8 heteroatoms. The summed E-state index contributed by atoms with van der Waals surface area (Å²) in [6.07, 6.45) is 10.6. The van der Waals surface area contributed by atoms with E-state index in [1.54, 1.807) is 30.9 Å². The van der Waals surface area contributed by atoms with Crippen LogP contribution in [0.3, 0.4) is 0 Å². The lowest BCUT2D eigenvalue weighted by molar-refractivity contribution is 0.0746. The van der Waals surface area contributed by atoms with Gasteiger partial charge in [-0.25, -0.2) is 15.0 Å². The predicted molar refractivity (Wildman–Crippen MR) is 109 cm³/mol. The van der Waals surface area contributed by atoms with Crippen molar-refractivity contribution in [2.45, 2.75) is 0 Å². The van der Waals surface area contributed by atoms with Crippen LogP contribution in [-0.2, 0) is 0 Å². The molecule has 1 aromatic carbocycles. The van der Waals surface area contributed by atoms with Crippen molar-refractivity contribution in [2.75, 3.05) is 31.1 Å². The van der Waals surface area contributed by atoms with Gasteiger partial charge in [-0.05, 0) is 18.2 Å². The summed E-state index contributed by atoms with van der Waals surface area (Å²) >= 11 is 0. The van der Waals surface area contributed by atoms with Crippen molar-refractivity contribution in [3.63, 3.8) is 0 Å². The summed E-state index contributed by atoms with van der Waals surface area (Å²) in [6.45, 7) is 2.76. The number of aromatic nitrogens is 5. The summed E-state index contributed by atoms with van der Waals surface area (Å²) in [5, 5.41) is 0. The van der Waals surface area contributed by atoms with E-state index in [1.807, 2.05) is 46.0 Å². The highest BCUT2D eigenvalue weighted by atomic mass is 16.2. The minimum atomic E-state index is 0.0486. The van der Waals surface area contributed by atoms with Crippen LogP contribution in [0.25, 0.3) is 16.9 Å². The zero-order valence-electron chi connectivity index (χ0n) is 15.7. The van der Waals surface area contributed by atoms with Gasteiger partial charge in [0.05, 0.1) is 18.1 Å². The van der Waals surface area contributed by atoms with Gasteiger partial charge in [0.15, 0.2) is 5.65 Å². The van der Waals surface area contributed by atoms with E-state index in [9.17, 15) is 4.79 Å². The predicted octanol–water partition coefficient (Wildman–Crippen LogP) is 2.15. The molecule has 1 fully saturated rings. The third-order valence-electron chi connectivity index (χ3n) is 5.15. The molecule has 1 amide bonds. The van der Waals surface area contributed by atoms with E-state index >= 15 is 0 Å². The number of nitrogens with zero attached hydrogens (tertiary/aromatic N) is 7. The Morgan fingerprint density at radius 2 is 1.62 bits per heavy atom. The molecule has 8 nitrogen and oxygen atoms in total. The third-order valence-corrected chi connectivity index (χ3v) is 5.15. The van der Waals surface area contributed by atoms with E-state index in [-0.39, 0.29) is 5.91 Å². The lowest BCUT2D eigenvalue weighted by atomic mass is 10.1. The van der Waals surface area contributed by atoms with Crippen molar-refractivity contribution in [3.8, 4) is 11.3 Å². The molecule has 144 valence electrons. The third kappa shape index (κ3) is 3.29. The molecule has 3 aromatic heterocycles.